The molecule has 0 saturated carbocycles. The smallest absolute Gasteiger partial charge is 0.253 e. The third kappa shape index (κ3) is 1.76. The molecule has 0 radical (unpaired) electrons. The number of primary amides is 1. The summed E-state index contributed by atoms with van der Waals surface area (Å²) in [6.45, 7) is 0. The van der Waals surface area contributed by atoms with Gasteiger partial charge in [0.15, 0.2) is 0 Å². The highest BCUT2D eigenvalue weighted by atomic mass is 79.9. The zero-order chi connectivity index (χ0) is 9.30. The van der Waals surface area contributed by atoms with E-state index in [2.05, 4.69) is 15.9 Å². The second-order valence-electron chi connectivity index (χ2n) is 2.11. The lowest BCUT2D eigenvalue weighted by atomic mass is 10.2. The van der Waals surface area contributed by atoms with Gasteiger partial charge in [0.05, 0.1) is 10.6 Å². The number of halogens is 3. The molecule has 1 aromatic rings. The van der Waals surface area contributed by atoms with Gasteiger partial charge in [0.1, 0.15) is 5.82 Å². The van der Waals surface area contributed by atoms with E-state index in [1.807, 2.05) is 0 Å². The van der Waals surface area contributed by atoms with Crippen LogP contribution < -0.4 is 5.73 Å². The van der Waals surface area contributed by atoms with Crippen LogP contribution >= 0.6 is 27.5 Å². The maximum Gasteiger partial charge on any atom is 0.253 e. The fourth-order valence-corrected chi connectivity index (χ4v) is 1.64. The first kappa shape index (κ1) is 9.48. The van der Waals surface area contributed by atoms with Gasteiger partial charge in [-0.15, -0.1) is 0 Å². The van der Waals surface area contributed by atoms with Gasteiger partial charge in [-0.2, -0.15) is 0 Å². The molecule has 1 aromatic carbocycles. The molecule has 0 heterocycles. The van der Waals surface area contributed by atoms with Crippen molar-refractivity contribution in [3.8, 4) is 0 Å². The molecule has 0 fully saturated rings. The second kappa shape index (κ2) is 3.41. The van der Waals surface area contributed by atoms with Gasteiger partial charge >= 0.3 is 0 Å². The van der Waals surface area contributed by atoms with Gasteiger partial charge in [-0.05, 0) is 12.1 Å². The van der Waals surface area contributed by atoms with E-state index in [4.69, 9.17) is 17.3 Å². The highest BCUT2D eigenvalue weighted by Gasteiger charge is 2.13. The molecule has 0 aromatic heterocycles. The fraction of sp³-hybridized carbons (Fsp3) is 0. The maximum absolute atomic E-state index is 12.9. The summed E-state index contributed by atoms with van der Waals surface area (Å²) in [7, 11) is 0. The maximum atomic E-state index is 12.9. The van der Waals surface area contributed by atoms with E-state index < -0.39 is 11.7 Å². The van der Waals surface area contributed by atoms with Crippen molar-refractivity contribution in [3.05, 3.63) is 33.0 Å². The Balaban J connectivity index is 3.38. The zero-order valence-electron chi connectivity index (χ0n) is 5.77. The zero-order valence-corrected chi connectivity index (χ0v) is 8.12. The molecule has 0 bridgehead atoms. The molecule has 1 rings (SSSR count). The van der Waals surface area contributed by atoms with Crippen LogP contribution in [0.15, 0.2) is 16.6 Å². The van der Waals surface area contributed by atoms with E-state index in [0.717, 1.165) is 6.07 Å². The second-order valence-corrected chi connectivity index (χ2v) is 3.43. The highest BCUT2D eigenvalue weighted by molar-refractivity contribution is 9.10. The van der Waals surface area contributed by atoms with Gasteiger partial charge in [0.25, 0.3) is 5.91 Å². The number of rotatable bonds is 1. The van der Waals surface area contributed by atoms with E-state index in [9.17, 15) is 9.18 Å². The molecular weight excluding hydrogens is 248 g/mol. The van der Waals surface area contributed by atoms with E-state index in [-0.39, 0.29) is 10.6 Å². The van der Waals surface area contributed by atoms with Crippen molar-refractivity contribution in [1.82, 2.24) is 0 Å². The van der Waals surface area contributed by atoms with E-state index in [0.29, 0.717) is 4.47 Å². The molecule has 1 amide bonds. The van der Waals surface area contributed by atoms with Crippen molar-refractivity contribution in [1.29, 1.82) is 0 Å². The van der Waals surface area contributed by atoms with Gasteiger partial charge < -0.3 is 5.73 Å². The normalized spacial score (nSPS) is 9.92. The van der Waals surface area contributed by atoms with Crippen LogP contribution in [-0.4, -0.2) is 5.91 Å². The molecule has 0 saturated heterocycles. The Morgan fingerprint density at radius 1 is 1.58 bits per heavy atom. The fourth-order valence-electron chi connectivity index (χ4n) is 0.778. The number of hydrogen-bond donors (Lipinski definition) is 1. The van der Waals surface area contributed by atoms with Crippen LogP contribution in [0.3, 0.4) is 0 Å². The minimum absolute atomic E-state index is 0.00868. The lowest BCUT2D eigenvalue weighted by Crippen LogP contribution is -2.13. The molecule has 0 aliphatic heterocycles. The SMILES string of the molecule is NC(=O)c1c(F)cc(Br)cc1Cl. The van der Waals surface area contributed by atoms with Crippen LogP contribution in [0.1, 0.15) is 10.4 Å². The first-order valence-corrected chi connectivity index (χ1v) is 4.14. The summed E-state index contributed by atoms with van der Waals surface area (Å²) < 4.78 is 13.4. The lowest BCUT2D eigenvalue weighted by Gasteiger charge is -2.01. The topological polar surface area (TPSA) is 43.1 Å². The minimum Gasteiger partial charge on any atom is -0.365 e. The molecule has 2 N–H and O–H groups in total. The summed E-state index contributed by atoms with van der Waals surface area (Å²) >= 11 is 8.58. The molecule has 0 aliphatic carbocycles. The molecule has 5 heteroatoms. The van der Waals surface area contributed by atoms with Crippen LogP contribution in [0.25, 0.3) is 0 Å². The quantitative estimate of drug-likeness (QED) is 0.819. The van der Waals surface area contributed by atoms with Crippen LogP contribution in [0.4, 0.5) is 4.39 Å². The van der Waals surface area contributed by atoms with Crippen molar-refractivity contribution in [2.45, 2.75) is 0 Å². The molecule has 0 aliphatic rings. The lowest BCUT2D eigenvalue weighted by molar-refractivity contribution is 0.0996. The van der Waals surface area contributed by atoms with Crippen LogP contribution in [0.5, 0.6) is 0 Å². The molecule has 0 spiro atoms. The Morgan fingerprint density at radius 2 is 2.17 bits per heavy atom. The number of carbonyl (C=O) groups is 1. The first-order chi connectivity index (χ1) is 5.52. The highest BCUT2D eigenvalue weighted by Crippen LogP contribution is 2.23. The van der Waals surface area contributed by atoms with Crippen molar-refractivity contribution < 1.29 is 9.18 Å². The summed E-state index contributed by atoms with van der Waals surface area (Å²) in [4.78, 5) is 10.6. The standard InChI is InChI=1S/C7H4BrClFNO/c8-3-1-4(9)6(7(11)12)5(10)2-3/h1-2H,(H2,11,12). The summed E-state index contributed by atoms with van der Waals surface area (Å²) in [5, 5.41) is 0.00868. The predicted molar refractivity (Wildman–Crippen MR) is 47.6 cm³/mol. The predicted octanol–water partition coefficient (Wildman–Crippen LogP) is 2.34. The van der Waals surface area contributed by atoms with Gasteiger partial charge in [0, 0.05) is 4.47 Å². The van der Waals surface area contributed by atoms with Crippen LogP contribution in [0.2, 0.25) is 5.02 Å². The average Bonchev–Trinajstić information content (AvgIpc) is 1.82. The third-order valence-electron chi connectivity index (χ3n) is 1.25. The first-order valence-electron chi connectivity index (χ1n) is 2.96. The Labute approximate surface area is 81.6 Å². The Morgan fingerprint density at radius 3 is 2.58 bits per heavy atom. The summed E-state index contributed by atoms with van der Waals surface area (Å²) in [6, 6.07) is 2.54. The monoisotopic (exact) mass is 251 g/mol. The number of nitrogens with two attached hydrogens (primary N) is 1. The van der Waals surface area contributed by atoms with Gasteiger partial charge in [-0.3, -0.25) is 4.79 Å². The Bertz CT molecular complexity index is 319. The molecular formula is C7H4BrClFNO. The van der Waals surface area contributed by atoms with E-state index in [1.54, 1.807) is 0 Å². The van der Waals surface area contributed by atoms with Crippen LogP contribution in [-0.2, 0) is 0 Å². The third-order valence-corrected chi connectivity index (χ3v) is 2.01. The van der Waals surface area contributed by atoms with Crippen molar-refractivity contribution in [3.63, 3.8) is 0 Å². The Kier molecular flexibility index (Phi) is 2.69. The minimum atomic E-state index is -0.870. The van der Waals surface area contributed by atoms with E-state index >= 15 is 0 Å². The number of amides is 1. The molecule has 0 atom stereocenters. The average molecular weight is 252 g/mol. The van der Waals surface area contributed by atoms with Gasteiger partial charge in [-0.25, -0.2) is 4.39 Å². The molecule has 64 valence electrons. The van der Waals surface area contributed by atoms with Crippen molar-refractivity contribution in [2.24, 2.45) is 5.73 Å². The van der Waals surface area contributed by atoms with Crippen molar-refractivity contribution >= 4 is 33.4 Å². The van der Waals surface area contributed by atoms with E-state index in [1.165, 1.54) is 6.07 Å². The van der Waals surface area contributed by atoms with Gasteiger partial charge in [0.2, 0.25) is 0 Å². The van der Waals surface area contributed by atoms with Crippen LogP contribution in [0, 0.1) is 5.82 Å². The number of carbonyl (C=O) groups excluding carboxylic acids is 1. The Hall–Kier alpha value is -0.610. The number of hydrogen-bond acceptors (Lipinski definition) is 1. The summed E-state index contributed by atoms with van der Waals surface area (Å²) in [6.07, 6.45) is 0. The largest absolute Gasteiger partial charge is 0.365 e. The summed E-state index contributed by atoms with van der Waals surface area (Å²) in [5.74, 6) is -1.59. The van der Waals surface area contributed by atoms with Gasteiger partial charge in [-0.1, -0.05) is 27.5 Å². The summed E-state index contributed by atoms with van der Waals surface area (Å²) in [5.41, 5.74) is 4.61. The molecule has 12 heavy (non-hydrogen) atoms. The number of benzene rings is 1. The van der Waals surface area contributed by atoms with Crippen molar-refractivity contribution in [2.75, 3.05) is 0 Å². The molecule has 2 nitrogen and oxygen atoms in total. The molecule has 0 unspecified atom stereocenters.